The van der Waals surface area contributed by atoms with Crippen LogP contribution < -0.4 is 9.64 Å². The van der Waals surface area contributed by atoms with Crippen LogP contribution in [0.15, 0.2) is 71.9 Å². The number of aromatic nitrogens is 2. The Morgan fingerprint density at radius 2 is 2.03 bits per heavy atom. The van der Waals surface area contributed by atoms with E-state index in [1.807, 2.05) is 18.2 Å². The van der Waals surface area contributed by atoms with Crippen molar-refractivity contribution in [2.45, 2.75) is 30.3 Å². The summed E-state index contributed by atoms with van der Waals surface area (Å²) in [6.07, 6.45) is 4.22. The fraction of sp³-hybridized carbons (Fsp3) is 0.240. The molecule has 4 aromatic rings. The molecule has 0 radical (unpaired) electrons. The Hall–Kier alpha value is -3.41. The van der Waals surface area contributed by atoms with Gasteiger partial charge < -0.3 is 4.74 Å². The number of methoxy groups -OCH3 is 1. The van der Waals surface area contributed by atoms with Crippen LogP contribution in [0, 0.1) is 5.82 Å². The number of nitrogens with zero attached hydrogens (tertiary/aromatic N) is 4. The van der Waals surface area contributed by atoms with Gasteiger partial charge in [0.15, 0.2) is 5.13 Å². The van der Waals surface area contributed by atoms with Crippen LogP contribution >= 0.6 is 11.3 Å². The van der Waals surface area contributed by atoms with Crippen molar-refractivity contribution in [1.82, 2.24) is 14.3 Å². The third kappa shape index (κ3) is 4.69. The van der Waals surface area contributed by atoms with Gasteiger partial charge in [-0.3, -0.25) is 14.7 Å². The summed E-state index contributed by atoms with van der Waals surface area (Å²) in [4.78, 5) is 24.3. The average Bonchev–Trinajstić information content (AvgIpc) is 3.55. The topological polar surface area (TPSA) is 92.7 Å². The molecule has 1 atom stereocenters. The van der Waals surface area contributed by atoms with Gasteiger partial charge >= 0.3 is 0 Å². The first-order chi connectivity index (χ1) is 17.4. The molecular formula is C25H23FN4O4S2. The lowest BCUT2D eigenvalue weighted by atomic mass is 10.2. The molecule has 0 saturated carbocycles. The molecular weight excluding hydrogens is 503 g/mol. The number of hydrogen-bond acceptors (Lipinski definition) is 7. The van der Waals surface area contributed by atoms with Gasteiger partial charge in [-0.25, -0.2) is 17.8 Å². The average molecular weight is 527 g/mol. The quantitative estimate of drug-likeness (QED) is 0.358. The zero-order valence-corrected chi connectivity index (χ0v) is 21.0. The van der Waals surface area contributed by atoms with E-state index in [1.165, 1.54) is 32.7 Å². The highest BCUT2D eigenvalue weighted by atomic mass is 32.2. The Balaban J connectivity index is 1.52. The number of anilines is 1. The molecule has 1 unspecified atom stereocenters. The zero-order valence-electron chi connectivity index (χ0n) is 19.4. The van der Waals surface area contributed by atoms with Crippen LogP contribution in [0.4, 0.5) is 9.52 Å². The molecule has 0 spiro atoms. The summed E-state index contributed by atoms with van der Waals surface area (Å²) in [7, 11) is -2.43. The summed E-state index contributed by atoms with van der Waals surface area (Å²) in [6, 6.07) is 12.9. The maximum Gasteiger partial charge on any atom is 0.247 e. The number of pyridine rings is 1. The lowest BCUT2D eigenvalue weighted by Crippen LogP contribution is -2.47. The number of carbonyl (C=O) groups is 1. The van der Waals surface area contributed by atoms with Crippen LogP contribution in [0.5, 0.6) is 5.75 Å². The predicted octanol–water partition coefficient (Wildman–Crippen LogP) is 4.23. The van der Waals surface area contributed by atoms with Gasteiger partial charge in [-0.2, -0.15) is 4.31 Å². The van der Waals surface area contributed by atoms with Gasteiger partial charge in [-0.1, -0.05) is 17.4 Å². The van der Waals surface area contributed by atoms with E-state index in [-0.39, 0.29) is 23.9 Å². The van der Waals surface area contributed by atoms with Gasteiger partial charge in [0.1, 0.15) is 17.6 Å². The van der Waals surface area contributed by atoms with Crippen molar-refractivity contribution in [2.24, 2.45) is 0 Å². The number of benzene rings is 2. The lowest BCUT2D eigenvalue weighted by Gasteiger charge is -2.28. The minimum atomic E-state index is -4.00. The second-order valence-electron chi connectivity index (χ2n) is 8.34. The first kappa shape index (κ1) is 24.3. The van der Waals surface area contributed by atoms with E-state index in [1.54, 1.807) is 31.6 Å². The summed E-state index contributed by atoms with van der Waals surface area (Å²) >= 11 is 1.35. The monoisotopic (exact) mass is 526 g/mol. The van der Waals surface area contributed by atoms with Crippen molar-refractivity contribution in [3.8, 4) is 5.75 Å². The number of hydrogen-bond donors (Lipinski definition) is 0. The Labute approximate surface area is 212 Å². The van der Waals surface area contributed by atoms with Gasteiger partial charge in [0.25, 0.3) is 0 Å². The molecule has 1 amide bonds. The van der Waals surface area contributed by atoms with Crippen molar-refractivity contribution < 1.29 is 22.3 Å². The molecule has 186 valence electrons. The second-order valence-corrected chi connectivity index (χ2v) is 11.2. The predicted molar refractivity (Wildman–Crippen MR) is 135 cm³/mol. The van der Waals surface area contributed by atoms with E-state index in [0.29, 0.717) is 29.2 Å². The zero-order chi connectivity index (χ0) is 25.3. The number of ether oxygens (including phenoxy) is 1. The van der Waals surface area contributed by atoms with Gasteiger partial charge in [0.05, 0.1) is 28.8 Å². The maximum absolute atomic E-state index is 14.0. The number of rotatable bonds is 7. The molecule has 11 heteroatoms. The van der Waals surface area contributed by atoms with Gasteiger partial charge in [-0.15, -0.1) is 0 Å². The minimum absolute atomic E-state index is 0.0468. The smallest absolute Gasteiger partial charge is 0.247 e. The van der Waals surface area contributed by atoms with Crippen molar-refractivity contribution in [3.63, 3.8) is 0 Å². The van der Waals surface area contributed by atoms with E-state index in [0.717, 1.165) is 22.4 Å². The van der Waals surface area contributed by atoms with Crippen LogP contribution in [0.1, 0.15) is 18.4 Å². The highest BCUT2D eigenvalue weighted by Crippen LogP contribution is 2.34. The number of carbonyl (C=O) groups excluding carboxylic acids is 1. The number of fused-ring (bicyclic) bond motifs is 1. The highest BCUT2D eigenvalue weighted by Gasteiger charge is 2.42. The summed E-state index contributed by atoms with van der Waals surface area (Å²) in [6.45, 7) is 0.387. The van der Waals surface area contributed by atoms with Crippen LogP contribution in [-0.4, -0.2) is 48.3 Å². The summed E-state index contributed by atoms with van der Waals surface area (Å²) in [5.41, 5.74) is 1.47. The summed E-state index contributed by atoms with van der Waals surface area (Å²) in [5, 5.41) is 0.457. The number of amides is 1. The molecule has 8 nitrogen and oxygen atoms in total. The Bertz CT molecular complexity index is 1490. The van der Waals surface area contributed by atoms with E-state index < -0.39 is 21.9 Å². The van der Waals surface area contributed by atoms with E-state index >= 15 is 0 Å². The Kier molecular flexibility index (Phi) is 6.69. The standard InChI is InChI=1S/C25H23FN4O4S2/c1-34-19-8-11-23-21(14-19)28-25(35-23)29(16-17-4-2-12-27-15-17)24(31)22-5-3-13-30(22)36(32,33)20-9-6-18(26)7-10-20/h2,4,6-12,14-15,22H,3,5,13,16H2,1H3. The van der Waals surface area contributed by atoms with E-state index in [4.69, 9.17) is 4.74 Å². The number of sulfonamides is 1. The number of halogens is 1. The lowest BCUT2D eigenvalue weighted by molar-refractivity contribution is -0.121. The van der Waals surface area contributed by atoms with Crippen LogP contribution in [0.25, 0.3) is 10.2 Å². The largest absolute Gasteiger partial charge is 0.497 e. The Morgan fingerprint density at radius 3 is 2.75 bits per heavy atom. The Morgan fingerprint density at radius 1 is 1.22 bits per heavy atom. The SMILES string of the molecule is COc1ccc2sc(N(Cc3cccnc3)C(=O)C3CCCN3S(=O)(=O)c3ccc(F)cc3)nc2c1. The first-order valence-electron chi connectivity index (χ1n) is 11.3. The molecule has 1 saturated heterocycles. The molecule has 3 heterocycles. The molecule has 1 fully saturated rings. The summed E-state index contributed by atoms with van der Waals surface area (Å²) < 4.78 is 47.6. The third-order valence-electron chi connectivity index (χ3n) is 6.05. The van der Waals surface area contributed by atoms with Crippen molar-refractivity contribution >= 4 is 42.6 Å². The highest BCUT2D eigenvalue weighted by molar-refractivity contribution is 7.89. The van der Waals surface area contributed by atoms with Gasteiger partial charge in [0.2, 0.25) is 15.9 Å². The fourth-order valence-corrected chi connectivity index (χ4v) is 6.85. The molecule has 0 N–H and O–H groups in total. The molecule has 0 bridgehead atoms. The fourth-order valence-electron chi connectivity index (χ4n) is 4.25. The molecule has 2 aromatic carbocycles. The van der Waals surface area contributed by atoms with E-state index in [2.05, 4.69) is 9.97 Å². The van der Waals surface area contributed by atoms with Gasteiger partial charge in [-0.05, 0) is 60.9 Å². The maximum atomic E-state index is 14.0. The third-order valence-corrected chi connectivity index (χ3v) is 9.03. The van der Waals surface area contributed by atoms with Crippen molar-refractivity contribution in [2.75, 3.05) is 18.6 Å². The molecule has 5 rings (SSSR count). The summed E-state index contributed by atoms with van der Waals surface area (Å²) in [5.74, 6) is -0.247. The molecule has 0 aliphatic carbocycles. The normalized spacial score (nSPS) is 16.3. The second kappa shape index (κ2) is 9.92. The molecule has 36 heavy (non-hydrogen) atoms. The molecule has 1 aliphatic rings. The van der Waals surface area contributed by atoms with E-state index in [9.17, 15) is 17.6 Å². The van der Waals surface area contributed by atoms with Crippen molar-refractivity contribution in [1.29, 1.82) is 0 Å². The van der Waals surface area contributed by atoms with Crippen molar-refractivity contribution in [3.05, 3.63) is 78.4 Å². The molecule has 1 aliphatic heterocycles. The number of thiazole rings is 1. The molecule has 2 aromatic heterocycles. The van der Waals surface area contributed by atoms with Crippen LogP contribution in [0.3, 0.4) is 0 Å². The van der Waals surface area contributed by atoms with Crippen LogP contribution in [-0.2, 0) is 21.4 Å². The first-order valence-corrected chi connectivity index (χ1v) is 13.5. The minimum Gasteiger partial charge on any atom is -0.497 e. The van der Waals surface area contributed by atoms with Crippen LogP contribution in [0.2, 0.25) is 0 Å². The van der Waals surface area contributed by atoms with Gasteiger partial charge in [0, 0.05) is 25.0 Å².